The predicted octanol–water partition coefficient (Wildman–Crippen LogP) is 12.4. The maximum absolute atomic E-state index is 14.6. The summed E-state index contributed by atoms with van der Waals surface area (Å²) in [6.07, 6.45) is 5.33. The molecule has 0 aliphatic carbocycles. The van der Waals surface area contributed by atoms with E-state index < -0.39 is 17.5 Å². The van der Waals surface area contributed by atoms with Crippen LogP contribution in [0.4, 0.5) is 17.6 Å². The first-order valence-corrected chi connectivity index (χ1v) is 14.8. The third kappa shape index (κ3) is 10.3. The highest BCUT2D eigenvalue weighted by molar-refractivity contribution is 6.31. The van der Waals surface area contributed by atoms with Gasteiger partial charge < -0.3 is 0 Å². The zero-order chi connectivity index (χ0) is 31.4. The Hall–Kier alpha value is -2.66. The molecule has 0 aliphatic heterocycles. The minimum Gasteiger partial charge on any atom is -0.260 e. The second kappa shape index (κ2) is 17.3. The number of aryl methyl sites for hydroxylation is 2. The van der Waals surface area contributed by atoms with Gasteiger partial charge in [-0.1, -0.05) is 76.4 Å². The first-order chi connectivity index (χ1) is 19.2. The molecule has 2 rings (SSSR count). The molecule has 0 N–H and O–H groups in total. The van der Waals surface area contributed by atoms with E-state index in [0.717, 1.165) is 60.1 Å². The number of hydrogen-bond donors (Lipinski definition) is 0. The Morgan fingerprint density at radius 1 is 0.951 bits per heavy atom. The summed E-state index contributed by atoms with van der Waals surface area (Å²) in [5, 5.41) is 0.0780. The third-order valence-electron chi connectivity index (χ3n) is 7.19. The Morgan fingerprint density at radius 3 is 2.12 bits per heavy atom. The summed E-state index contributed by atoms with van der Waals surface area (Å²) >= 11 is 6.08. The largest absolute Gasteiger partial charge is 0.260 e. The van der Waals surface area contributed by atoms with Crippen molar-refractivity contribution in [2.24, 2.45) is 4.99 Å². The molecule has 226 valence electrons. The fourth-order valence-corrected chi connectivity index (χ4v) is 4.77. The van der Waals surface area contributed by atoms with Crippen LogP contribution in [0.1, 0.15) is 116 Å². The summed E-state index contributed by atoms with van der Waals surface area (Å²) in [4.78, 5) is 4.15. The quantitative estimate of drug-likeness (QED) is 0.140. The first kappa shape index (κ1) is 36.4. The molecule has 1 unspecified atom stereocenters. The molecular formula is C35H46ClF4N. The second-order valence-corrected chi connectivity index (χ2v) is 11.0. The Labute approximate surface area is 250 Å². The van der Waals surface area contributed by atoms with E-state index in [9.17, 15) is 17.6 Å². The van der Waals surface area contributed by atoms with Crippen LogP contribution in [0.2, 0.25) is 5.02 Å². The standard InChI is InChI=1S/C24H28ClF3.C11H18FN/c1-6-8-9-18(20-13-21(25)22(26)12-17(20)7-2)15(4)16(5)19-11-10-14(3)23(27)24(19)28;1-6-7-9(4)13-10(5)11(12)8(2)3/h10-13,16H,6-9H2,1-5H3;2,6-7H2,1,3-5H3/b18-15+;11-10+,13-9?. The van der Waals surface area contributed by atoms with Gasteiger partial charge in [0.2, 0.25) is 0 Å². The Morgan fingerprint density at radius 2 is 1.59 bits per heavy atom. The smallest absolute Gasteiger partial charge is 0.162 e. The molecule has 2 aromatic carbocycles. The van der Waals surface area contributed by atoms with Crippen molar-refractivity contribution in [1.29, 1.82) is 0 Å². The number of nitrogens with zero attached hydrogens (tertiary/aromatic N) is 1. The maximum Gasteiger partial charge on any atom is 0.162 e. The third-order valence-corrected chi connectivity index (χ3v) is 7.48. The van der Waals surface area contributed by atoms with Crippen LogP contribution in [0.5, 0.6) is 0 Å². The molecule has 1 atom stereocenters. The molecule has 0 heterocycles. The van der Waals surface area contributed by atoms with Crippen LogP contribution in [0.3, 0.4) is 0 Å². The van der Waals surface area contributed by atoms with Gasteiger partial charge in [-0.15, -0.1) is 0 Å². The lowest BCUT2D eigenvalue weighted by Gasteiger charge is -2.22. The molecule has 0 saturated carbocycles. The molecule has 0 bridgehead atoms. The molecular weight excluding hydrogens is 546 g/mol. The number of halogens is 5. The lowest BCUT2D eigenvalue weighted by atomic mass is 9.83. The molecule has 0 radical (unpaired) electrons. The van der Waals surface area contributed by atoms with E-state index in [1.54, 1.807) is 39.0 Å². The highest BCUT2D eigenvalue weighted by atomic mass is 35.5. The molecule has 1 nitrogen and oxygen atoms in total. The van der Waals surface area contributed by atoms with Gasteiger partial charge in [0.05, 0.1) is 10.7 Å². The lowest BCUT2D eigenvalue weighted by Crippen LogP contribution is -2.06. The first-order valence-electron chi connectivity index (χ1n) is 14.4. The van der Waals surface area contributed by atoms with Crippen molar-refractivity contribution in [2.45, 2.75) is 107 Å². The zero-order valence-electron chi connectivity index (χ0n) is 26.2. The number of unbranched alkanes of at least 4 members (excludes halogenated alkanes) is 1. The number of aliphatic imine (C=N–C) groups is 1. The van der Waals surface area contributed by atoms with Crippen molar-refractivity contribution in [3.8, 4) is 0 Å². The zero-order valence-corrected chi connectivity index (χ0v) is 26.9. The van der Waals surface area contributed by atoms with E-state index in [1.165, 1.54) is 6.07 Å². The van der Waals surface area contributed by atoms with Crippen LogP contribution >= 0.6 is 11.6 Å². The molecule has 0 aromatic heterocycles. The van der Waals surface area contributed by atoms with Crippen LogP contribution < -0.4 is 0 Å². The molecule has 0 aliphatic rings. The van der Waals surface area contributed by atoms with Crippen LogP contribution in [0.15, 0.2) is 58.5 Å². The van der Waals surface area contributed by atoms with Gasteiger partial charge in [-0.25, -0.2) is 17.6 Å². The fourth-order valence-electron chi connectivity index (χ4n) is 4.61. The van der Waals surface area contributed by atoms with Crippen molar-refractivity contribution in [1.82, 2.24) is 0 Å². The monoisotopic (exact) mass is 591 g/mol. The Bertz CT molecular complexity index is 1300. The Kier molecular flexibility index (Phi) is 15.4. The molecule has 0 amide bonds. The van der Waals surface area contributed by atoms with Gasteiger partial charge in [0.1, 0.15) is 11.6 Å². The summed E-state index contributed by atoms with van der Waals surface area (Å²) in [5.74, 6) is -2.64. The molecule has 6 heteroatoms. The van der Waals surface area contributed by atoms with Gasteiger partial charge >= 0.3 is 0 Å². The molecule has 0 fully saturated rings. The highest BCUT2D eigenvalue weighted by Crippen LogP contribution is 2.38. The van der Waals surface area contributed by atoms with Gasteiger partial charge in [0, 0.05) is 11.6 Å². The lowest BCUT2D eigenvalue weighted by molar-refractivity contribution is 0.490. The number of benzene rings is 2. The van der Waals surface area contributed by atoms with Gasteiger partial charge in [0.25, 0.3) is 0 Å². The fraction of sp³-hybridized carbons (Fsp3) is 0.457. The van der Waals surface area contributed by atoms with Crippen LogP contribution in [0.25, 0.3) is 5.57 Å². The summed E-state index contributed by atoms with van der Waals surface area (Å²) in [5.41, 5.74) is 6.22. The van der Waals surface area contributed by atoms with Gasteiger partial charge in [-0.3, -0.25) is 4.99 Å². The van der Waals surface area contributed by atoms with Crippen molar-refractivity contribution >= 4 is 22.9 Å². The molecule has 0 saturated heterocycles. The Balaban J connectivity index is 0.000000545. The summed E-state index contributed by atoms with van der Waals surface area (Å²) < 4.78 is 55.9. The summed E-state index contributed by atoms with van der Waals surface area (Å²) in [6.45, 7) is 20.3. The van der Waals surface area contributed by atoms with Crippen LogP contribution in [-0.2, 0) is 6.42 Å². The topological polar surface area (TPSA) is 12.4 Å². The van der Waals surface area contributed by atoms with E-state index >= 15 is 0 Å². The normalized spacial score (nSPS) is 13.7. The van der Waals surface area contributed by atoms with Gasteiger partial charge in [-0.2, -0.15) is 0 Å². The van der Waals surface area contributed by atoms with Crippen molar-refractivity contribution in [3.05, 3.63) is 98.2 Å². The minimum absolute atomic E-state index is 0.0780. The van der Waals surface area contributed by atoms with Gasteiger partial charge in [0.15, 0.2) is 11.6 Å². The minimum atomic E-state index is -0.800. The van der Waals surface area contributed by atoms with E-state index in [-0.39, 0.29) is 16.8 Å². The molecule has 0 spiro atoms. The van der Waals surface area contributed by atoms with E-state index in [0.29, 0.717) is 28.8 Å². The summed E-state index contributed by atoms with van der Waals surface area (Å²) in [7, 11) is 0. The van der Waals surface area contributed by atoms with Crippen molar-refractivity contribution in [3.63, 3.8) is 0 Å². The number of rotatable bonds is 11. The maximum atomic E-state index is 14.6. The van der Waals surface area contributed by atoms with Crippen LogP contribution in [0, 0.1) is 24.4 Å². The second-order valence-electron chi connectivity index (χ2n) is 10.6. The van der Waals surface area contributed by atoms with Crippen LogP contribution in [-0.4, -0.2) is 5.71 Å². The average Bonchev–Trinajstić information content (AvgIpc) is 2.93. The molecule has 41 heavy (non-hydrogen) atoms. The summed E-state index contributed by atoms with van der Waals surface area (Å²) in [6, 6.07) is 6.41. The average molecular weight is 592 g/mol. The highest BCUT2D eigenvalue weighted by Gasteiger charge is 2.21. The SMILES string of the molecule is C=C(C)/C(F)=C(/C)N=C(C)CCC.CCCC/C(=C(/C)C(C)c1ccc(C)c(F)c1F)c1cc(Cl)c(F)cc1CC. The van der Waals surface area contributed by atoms with E-state index in [2.05, 4.69) is 25.4 Å². The number of hydrogen-bond acceptors (Lipinski definition) is 1. The number of allylic oxidation sites excluding steroid dienone is 5. The molecule has 2 aromatic rings. The van der Waals surface area contributed by atoms with E-state index in [4.69, 9.17) is 11.6 Å². The van der Waals surface area contributed by atoms with Crippen molar-refractivity contribution < 1.29 is 17.6 Å². The van der Waals surface area contributed by atoms with Gasteiger partial charge in [-0.05, 0) is 106 Å². The van der Waals surface area contributed by atoms with Crippen molar-refractivity contribution in [2.75, 3.05) is 0 Å². The van der Waals surface area contributed by atoms with E-state index in [1.807, 2.05) is 27.7 Å². The predicted molar refractivity (Wildman–Crippen MR) is 169 cm³/mol.